The predicted octanol–water partition coefficient (Wildman–Crippen LogP) is 3.00. The van der Waals surface area contributed by atoms with Gasteiger partial charge in [0.2, 0.25) is 0 Å². The molecule has 0 unspecified atom stereocenters. The quantitative estimate of drug-likeness (QED) is 0.800. The monoisotopic (exact) mass is 330 g/mol. The molecule has 0 aliphatic rings. The summed E-state index contributed by atoms with van der Waals surface area (Å²) in [5.41, 5.74) is 2.00. The summed E-state index contributed by atoms with van der Waals surface area (Å²) in [6.45, 7) is 2.63. The van der Waals surface area contributed by atoms with Gasteiger partial charge in [0.15, 0.2) is 0 Å². The second kappa shape index (κ2) is 8.67. The zero-order valence-electron chi connectivity index (χ0n) is 13.3. The molecule has 0 radical (unpaired) electrons. The van der Waals surface area contributed by atoms with Crippen molar-refractivity contribution in [2.24, 2.45) is 0 Å². The van der Waals surface area contributed by atoms with Gasteiger partial charge in [-0.3, -0.25) is 0 Å². The highest BCUT2D eigenvalue weighted by molar-refractivity contribution is 5.89. The average molecular weight is 330 g/mol. The van der Waals surface area contributed by atoms with Gasteiger partial charge in [0, 0.05) is 13.1 Å². The number of rotatable bonds is 6. The first-order valence-electron chi connectivity index (χ1n) is 7.60. The van der Waals surface area contributed by atoms with E-state index in [0.717, 1.165) is 5.56 Å². The van der Waals surface area contributed by atoms with Crippen molar-refractivity contribution in [3.63, 3.8) is 0 Å². The number of nitrogens with one attached hydrogen (secondary N) is 2. The highest BCUT2D eigenvalue weighted by Crippen LogP contribution is 2.06. The second-order valence-electron chi connectivity index (χ2n) is 5.08. The molecule has 0 saturated heterocycles. The van der Waals surface area contributed by atoms with Gasteiger partial charge in [0.1, 0.15) is 5.82 Å². The van der Waals surface area contributed by atoms with E-state index in [1.165, 1.54) is 12.1 Å². The van der Waals surface area contributed by atoms with Gasteiger partial charge in [-0.05, 0) is 42.3 Å². The van der Waals surface area contributed by atoms with Crippen LogP contribution in [0.5, 0.6) is 0 Å². The molecule has 0 heterocycles. The zero-order valence-corrected chi connectivity index (χ0v) is 13.3. The lowest BCUT2D eigenvalue weighted by Gasteiger charge is -2.08. The molecule has 0 fully saturated rings. The number of hydrogen-bond donors (Lipinski definition) is 2. The van der Waals surface area contributed by atoms with E-state index in [2.05, 4.69) is 10.6 Å². The van der Waals surface area contributed by atoms with Crippen molar-refractivity contribution in [3.05, 3.63) is 71.0 Å². The van der Waals surface area contributed by atoms with Crippen LogP contribution in [-0.4, -0.2) is 18.6 Å². The van der Waals surface area contributed by atoms with Gasteiger partial charge in [-0.1, -0.05) is 24.3 Å². The van der Waals surface area contributed by atoms with Crippen molar-refractivity contribution in [1.82, 2.24) is 10.6 Å². The van der Waals surface area contributed by atoms with Gasteiger partial charge in [0.05, 0.1) is 12.2 Å². The first-order chi connectivity index (χ1) is 11.6. The van der Waals surface area contributed by atoms with Crippen molar-refractivity contribution in [1.29, 1.82) is 0 Å². The Morgan fingerprint density at radius 1 is 1.00 bits per heavy atom. The Bertz CT molecular complexity index is 702. The highest BCUT2D eigenvalue weighted by Gasteiger charge is 2.06. The van der Waals surface area contributed by atoms with Crippen molar-refractivity contribution in [2.75, 3.05) is 6.61 Å². The van der Waals surface area contributed by atoms with Gasteiger partial charge >= 0.3 is 12.0 Å². The lowest BCUT2D eigenvalue weighted by atomic mass is 10.1. The Balaban J connectivity index is 1.78. The van der Waals surface area contributed by atoms with Crippen LogP contribution in [0.25, 0.3) is 0 Å². The summed E-state index contributed by atoms with van der Waals surface area (Å²) in [5.74, 6) is -0.707. The zero-order chi connectivity index (χ0) is 17.4. The molecule has 2 aromatic carbocycles. The summed E-state index contributed by atoms with van der Waals surface area (Å²) in [4.78, 5) is 23.3. The molecule has 0 spiro atoms. The van der Waals surface area contributed by atoms with Gasteiger partial charge in [0.25, 0.3) is 0 Å². The molecular formula is C18H19FN2O3. The fourth-order valence-corrected chi connectivity index (χ4v) is 2.05. The smallest absolute Gasteiger partial charge is 0.338 e. The number of esters is 1. The topological polar surface area (TPSA) is 67.4 Å². The van der Waals surface area contributed by atoms with Crippen LogP contribution >= 0.6 is 0 Å². The van der Waals surface area contributed by atoms with Crippen molar-refractivity contribution >= 4 is 12.0 Å². The van der Waals surface area contributed by atoms with E-state index >= 15 is 0 Å². The SMILES string of the molecule is CCOC(=O)c1ccc(CNC(=O)NCc2cccc(F)c2)cc1. The summed E-state index contributed by atoms with van der Waals surface area (Å²) in [6.07, 6.45) is 0. The van der Waals surface area contributed by atoms with E-state index in [1.54, 1.807) is 43.3 Å². The molecule has 2 amide bonds. The van der Waals surface area contributed by atoms with E-state index in [-0.39, 0.29) is 24.4 Å². The lowest BCUT2D eigenvalue weighted by molar-refractivity contribution is 0.0526. The molecular weight excluding hydrogens is 311 g/mol. The Hall–Kier alpha value is -2.89. The van der Waals surface area contributed by atoms with E-state index in [1.807, 2.05) is 0 Å². The van der Waals surface area contributed by atoms with E-state index in [4.69, 9.17) is 4.74 Å². The second-order valence-corrected chi connectivity index (χ2v) is 5.08. The third-order valence-electron chi connectivity index (χ3n) is 3.26. The van der Waals surface area contributed by atoms with Crippen LogP contribution in [0.2, 0.25) is 0 Å². The lowest BCUT2D eigenvalue weighted by Crippen LogP contribution is -2.34. The van der Waals surface area contributed by atoms with Crippen molar-refractivity contribution in [3.8, 4) is 0 Å². The first kappa shape index (κ1) is 17.5. The van der Waals surface area contributed by atoms with Crippen molar-refractivity contribution in [2.45, 2.75) is 20.0 Å². The molecule has 6 heteroatoms. The molecule has 2 aromatic rings. The van der Waals surface area contributed by atoms with Gasteiger partial charge < -0.3 is 15.4 Å². The minimum absolute atomic E-state index is 0.241. The number of carbonyl (C=O) groups excluding carboxylic acids is 2. The Morgan fingerprint density at radius 2 is 1.67 bits per heavy atom. The number of amides is 2. The summed E-state index contributed by atoms with van der Waals surface area (Å²) in [6, 6.07) is 12.5. The Labute approximate surface area is 139 Å². The van der Waals surface area contributed by atoms with Crippen LogP contribution in [0.15, 0.2) is 48.5 Å². The molecule has 24 heavy (non-hydrogen) atoms. The molecule has 0 aliphatic heterocycles. The molecule has 2 rings (SSSR count). The molecule has 0 aromatic heterocycles. The van der Waals surface area contributed by atoms with Crippen molar-refractivity contribution < 1.29 is 18.7 Å². The maximum Gasteiger partial charge on any atom is 0.338 e. The molecule has 0 aliphatic carbocycles. The number of halogens is 1. The van der Waals surface area contributed by atoms with Crippen LogP contribution in [0, 0.1) is 5.82 Å². The van der Waals surface area contributed by atoms with E-state index in [0.29, 0.717) is 24.3 Å². The predicted molar refractivity (Wildman–Crippen MR) is 87.9 cm³/mol. The molecule has 0 atom stereocenters. The summed E-state index contributed by atoms with van der Waals surface area (Å²) in [5, 5.41) is 5.35. The molecule has 126 valence electrons. The third kappa shape index (κ3) is 5.39. The van der Waals surface area contributed by atoms with Crippen LogP contribution < -0.4 is 10.6 Å². The normalized spacial score (nSPS) is 10.1. The Kier molecular flexibility index (Phi) is 6.31. The maximum atomic E-state index is 13.0. The van der Waals surface area contributed by atoms with Gasteiger partial charge in [-0.25, -0.2) is 14.0 Å². The average Bonchev–Trinajstić information content (AvgIpc) is 2.59. The number of urea groups is 1. The summed E-state index contributed by atoms with van der Waals surface area (Å²) >= 11 is 0. The minimum atomic E-state index is -0.371. The third-order valence-corrected chi connectivity index (χ3v) is 3.26. The van der Waals surface area contributed by atoms with Crippen LogP contribution in [0.4, 0.5) is 9.18 Å². The van der Waals surface area contributed by atoms with E-state index in [9.17, 15) is 14.0 Å². The van der Waals surface area contributed by atoms with Crippen LogP contribution in [-0.2, 0) is 17.8 Å². The Morgan fingerprint density at radius 3 is 2.29 bits per heavy atom. The fourth-order valence-electron chi connectivity index (χ4n) is 2.05. The molecule has 2 N–H and O–H groups in total. The first-order valence-corrected chi connectivity index (χ1v) is 7.60. The molecule has 0 bridgehead atoms. The number of benzene rings is 2. The minimum Gasteiger partial charge on any atom is -0.462 e. The van der Waals surface area contributed by atoms with Crippen LogP contribution in [0.1, 0.15) is 28.4 Å². The standard InChI is InChI=1S/C18H19FN2O3/c1-2-24-17(22)15-8-6-13(7-9-15)11-20-18(23)21-12-14-4-3-5-16(19)10-14/h3-10H,2,11-12H2,1H3,(H2,20,21,23). The number of carbonyl (C=O) groups is 2. The fraction of sp³-hybridized carbons (Fsp3) is 0.222. The maximum absolute atomic E-state index is 13.0. The summed E-state index contributed by atoms with van der Waals surface area (Å²) < 4.78 is 17.9. The molecule has 5 nitrogen and oxygen atoms in total. The van der Waals surface area contributed by atoms with Gasteiger partial charge in [-0.2, -0.15) is 0 Å². The highest BCUT2D eigenvalue weighted by atomic mass is 19.1. The molecule has 0 saturated carbocycles. The van der Waals surface area contributed by atoms with E-state index < -0.39 is 0 Å². The number of hydrogen-bond acceptors (Lipinski definition) is 3. The van der Waals surface area contributed by atoms with Gasteiger partial charge in [-0.15, -0.1) is 0 Å². The summed E-state index contributed by atoms with van der Waals surface area (Å²) in [7, 11) is 0. The largest absolute Gasteiger partial charge is 0.462 e. The number of ether oxygens (including phenoxy) is 1. The van der Waals surface area contributed by atoms with Crippen LogP contribution in [0.3, 0.4) is 0 Å².